The van der Waals surface area contributed by atoms with Crippen molar-refractivity contribution in [3.05, 3.63) is 46.0 Å². The van der Waals surface area contributed by atoms with E-state index in [1.165, 1.54) is 13.0 Å². The van der Waals surface area contributed by atoms with E-state index in [1.54, 1.807) is 0 Å². The number of aliphatic hydroxyl groups is 1. The van der Waals surface area contributed by atoms with E-state index in [-0.39, 0.29) is 11.8 Å². The average molecular weight is 401 g/mol. The van der Waals surface area contributed by atoms with Crippen LogP contribution in [-0.2, 0) is 17.6 Å². The third-order valence-corrected chi connectivity index (χ3v) is 4.29. The minimum Gasteiger partial charge on any atom is -0.488 e. The summed E-state index contributed by atoms with van der Waals surface area (Å²) >= 11 is 5.28. The summed E-state index contributed by atoms with van der Waals surface area (Å²) in [5, 5.41) is 15.8. The van der Waals surface area contributed by atoms with Gasteiger partial charge in [0.15, 0.2) is 16.3 Å². The number of benzene rings is 1. The molecule has 2 heterocycles. The summed E-state index contributed by atoms with van der Waals surface area (Å²) in [5.74, 6) is -2.32. The van der Waals surface area contributed by atoms with Gasteiger partial charge in [-0.2, -0.15) is 0 Å². The smallest absolute Gasteiger partial charge is 0.332 e. The van der Waals surface area contributed by atoms with Gasteiger partial charge >= 0.3 is 5.97 Å². The minimum absolute atomic E-state index is 0.0981. The maximum absolute atomic E-state index is 13.7. The number of ether oxygens (including phenoxy) is 1. The van der Waals surface area contributed by atoms with Gasteiger partial charge in [0.2, 0.25) is 0 Å². The van der Waals surface area contributed by atoms with Gasteiger partial charge in [0.05, 0.1) is 6.04 Å². The van der Waals surface area contributed by atoms with Crippen LogP contribution in [0.15, 0.2) is 18.3 Å². The average Bonchev–Trinajstić information content (AvgIpc) is 2.95. The third kappa shape index (κ3) is 5.12. The zero-order valence-electron chi connectivity index (χ0n) is 14.6. The van der Waals surface area contributed by atoms with Crippen LogP contribution in [0.25, 0.3) is 0 Å². The number of nitrogens with two attached hydrogens (primary N) is 1. The Balaban J connectivity index is 0.000000380. The van der Waals surface area contributed by atoms with Gasteiger partial charge in [-0.1, -0.05) is 0 Å². The van der Waals surface area contributed by atoms with Gasteiger partial charge in [0.1, 0.15) is 18.5 Å². The number of aliphatic carboxylic acids is 1. The highest BCUT2D eigenvalue weighted by molar-refractivity contribution is 7.71. The zero-order chi connectivity index (χ0) is 20.1. The van der Waals surface area contributed by atoms with Crippen molar-refractivity contribution in [3.63, 3.8) is 0 Å². The molecular formula is C17H21F2N3O4S. The highest BCUT2D eigenvalue weighted by Crippen LogP contribution is 2.33. The van der Waals surface area contributed by atoms with E-state index in [4.69, 9.17) is 32.9 Å². The maximum atomic E-state index is 13.7. The van der Waals surface area contributed by atoms with Crippen molar-refractivity contribution >= 4 is 18.2 Å². The first-order valence-electron chi connectivity index (χ1n) is 8.25. The van der Waals surface area contributed by atoms with E-state index in [1.807, 2.05) is 10.8 Å². The molecular weight excluding hydrogens is 380 g/mol. The molecule has 1 aromatic carbocycles. The fourth-order valence-corrected chi connectivity index (χ4v) is 3.07. The molecule has 2 atom stereocenters. The van der Waals surface area contributed by atoms with Crippen LogP contribution >= 0.6 is 12.2 Å². The van der Waals surface area contributed by atoms with Crippen LogP contribution in [0.5, 0.6) is 5.75 Å². The number of imidazole rings is 1. The highest BCUT2D eigenvalue weighted by atomic mass is 32.1. The molecule has 5 N–H and O–H groups in total. The molecule has 2 unspecified atom stereocenters. The molecule has 0 aliphatic carbocycles. The number of aromatic amines is 1. The second-order valence-electron chi connectivity index (χ2n) is 6.05. The lowest BCUT2D eigenvalue weighted by Gasteiger charge is -2.27. The molecule has 1 aliphatic rings. The normalized spacial score (nSPS) is 16.6. The van der Waals surface area contributed by atoms with Crippen LogP contribution in [-0.4, -0.2) is 45.0 Å². The Labute approximate surface area is 159 Å². The number of aliphatic hydroxyl groups excluding tert-OH is 1. The van der Waals surface area contributed by atoms with E-state index in [9.17, 15) is 13.6 Å². The Hall–Kier alpha value is -2.30. The van der Waals surface area contributed by atoms with Gasteiger partial charge in [-0.05, 0) is 31.8 Å². The largest absolute Gasteiger partial charge is 0.488 e. The lowest BCUT2D eigenvalue weighted by Crippen LogP contribution is -2.27. The molecule has 1 aromatic heterocycles. The summed E-state index contributed by atoms with van der Waals surface area (Å²) in [6, 6.07) is 2.05. The number of hydrogen-bond acceptors (Lipinski definition) is 5. The predicted octanol–water partition coefficient (Wildman–Crippen LogP) is 1.95. The Morgan fingerprint density at radius 3 is 2.78 bits per heavy atom. The summed E-state index contributed by atoms with van der Waals surface area (Å²) in [6.45, 7) is 1.99. The number of H-pyrrole nitrogens is 1. The summed E-state index contributed by atoms with van der Waals surface area (Å²) in [6.07, 6.45) is 1.73. The number of rotatable bonds is 4. The van der Waals surface area contributed by atoms with Crippen molar-refractivity contribution < 1.29 is 28.5 Å². The molecule has 3 rings (SSSR count). The Morgan fingerprint density at radius 1 is 1.52 bits per heavy atom. The third-order valence-electron chi connectivity index (χ3n) is 3.97. The number of nitrogens with one attached hydrogen (secondary N) is 1. The first-order valence-corrected chi connectivity index (χ1v) is 8.65. The standard InChI is InChI=1S/C14H15F2N3OS.C3H6O3/c15-9-3-8-4-11(7-20-13(8)12(16)5-9)19-10(1-2-17)6-18-14(19)21;1-2(4)3(5)6/h3,5-6,11H,1-2,4,7,17H2,(H,18,21);2,4H,1H3,(H,5,6). The van der Waals surface area contributed by atoms with Gasteiger partial charge < -0.3 is 30.2 Å². The summed E-state index contributed by atoms with van der Waals surface area (Å²) in [5.41, 5.74) is 7.08. The van der Waals surface area contributed by atoms with Crippen LogP contribution in [0.2, 0.25) is 0 Å². The first kappa shape index (κ1) is 21.0. The molecule has 10 heteroatoms. The number of hydrogen-bond donors (Lipinski definition) is 4. The molecule has 0 radical (unpaired) electrons. The van der Waals surface area contributed by atoms with E-state index in [2.05, 4.69) is 4.98 Å². The quantitative estimate of drug-likeness (QED) is 0.583. The minimum atomic E-state index is -1.23. The highest BCUT2D eigenvalue weighted by Gasteiger charge is 2.26. The van der Waals surface area contributed by atoms with Gasteiger partial charge in [0.25, 0.3) is 0 Å². The lowest BCUT2D eigenvalue weighted by atomic mass is 10.0. The lowest BCUT2D eigenvalue weighted by molar-refractivity contribution is -0.145. The number of halogens is 2. The molecule has 0 spiro atoms. The number of carboxylic acids is 1. The Morgan fingerprint density at radius 2 is 2.19 bits per heavy atom. The second-order valence-corrected chi connectivity index (χ2v) is 6.44. The van der Waals surface area contributed by atoms with Crippen molar-refractivity contribution in [1.82, 2.24) is 9.55 Å². The van der Waals surface area contributed by atoms with E-state index in [0.29, 0.717) is 36.3 Å². The molecule has 0 fully saturated rings. The van der Waals surface area contributed by atoms with Gasteiger partial charge in [0, 0.05) is 36.4 Å². The van der Waals surface area contributed by atoms with E-state index < -0.39 is 23.7 Å². The fraction of sp³-hybridized carbons (Fsp3) is 0.412. The van der Waals surface area contributed by atoms with E-state index >= 15 is 0 Å². The first-order chi connectivity index (χ1) is 12.7. The summed E-state index contributed by atoms with van der Waals surface area (Å²) in [4.78, 5) is 12.4. The number of aromatic nitrogens is 2. The molecule has 1 aliphatic heterocycles. The van der Waals surface area contributed by atoms with Crippen LogP contribution in [0.4, 0.5) is 8.78 Å². The van der Waals surface area contributed by atoms with Crippen LogP contribution in [0, 0.1) is 16.4 Å². The second kappa shape index (κ2) is 9.07. The van der Waals surface area contributed by atoms with Crippen molar-refractivity contribution in [2.45, 2.75) is 31.9 Å². The number of fused-ring (bicyclic) bond motifs is 1. The van der Waals surface area contributed by atoms with Gasteiger partial charge in [-0.3, -0.25) is 0 Å². The number of carboxylic acid groups (broad SMARTS) is 1. The fourth-order valence-electron chi connectivity index (χ4n) is 2.74. The van der Waals surface area contributed by atoms with Crippen molar-refractivity contribution in [2.24, 2.45) is 5.73 Å². The molecule has 7 nitrogen and oxygen atoms in total. The molecule has 0 amide bonds. The molecule has 27 heavy (non-hydrogen) atoms. The van der Waals surface area contributed by atoms with Crippen molar-refractivity contribution in [2.75, 3.05) is 13.2 Å². The van der Waals surface area contributed by atoms with Crippen molar-refractivity contribution in [3.8, 4) is 5.75 Å². The van der Waals surface area contributed by atoms with Crippen LogP contribution in [0.1, 0.15) is 24.2 Å². The zero-order valence-corrected chi connectivity index (χ0v) is 15.4. The Bertz CT molecular complexity index is 866. The predicted molar refractivity (Wildman–Crippen MR) is 96.3 cm³/mol. The van der Waals surface area contributed by atoms with Crippen LogP contribution in [0.3, 0.4) is 0 Å². The van der Waals surface area contributed by atoms with E-state index in [0.717, 1.165) is 11.8 Å². The maximum Gasteiger partial charge on any atom is 0.332 e. The molecule has 148 valence electrons. The SMILES string of the molecule is CC(O)C(=O)O.NCCc1c[nH]c(=S)n1C1COc2c(F)cc(F)cc2C1. The molecule has 0 saturated heterocycles. The molecule has 0 bridgehead atoms. The summed E-state index contributed by atoms with van der Waals surface area (Å²) < 4.78 is 35.0. The number of carbonyl (C=O) groups is 1. The molecule has 0 saturated carbocycles. The Kier molecular flexibility index (Phi) is 7.05. The monoisotopic (exact) mass is 401 g/mol. The topological polar surface area (TPSA) is 114 Å². The van der Waals surface area contributed by atoms with Crippen molar-refractivity contribution in [1.29, 1.82) is 0 Å². The number of nitrogens with zero attached hydrogens (tertiary/aromatic N) is 1. The van der Waals surface area contributed by atoms with Gasteiger partial charge in [-0.15, -0.1) is 0 Å². The van der Waals surface area contributed by atoms with Crippen LogP contribution < -0.4 is 10.5 Å². The molecule has 2 aromatic rings. The van der Waals surface area contributed by atoms with Gasteiger partial charge in [-0.25, -0.2) is 13.6 Å². The summed E-state index contributed by atoms with van der Waals surface area (Å²) in [7, 11) is 0.